The number of carbonyl (C=O) groups is 1. The molecule has 0 aromatic carbocycles. The minimum absolute atomic E-state index is 0.104. The number of carbonyl (C=O) groups excluding carboxylic acids is 1. The molecule has 0 unspecified atom stereocenters. The van der Waals surface area contributed by atoms with Gasteiger partial charge in [0.15, 0.2) is 0 Å². The molecule has 0 aliphatic carbocycles. The standard InChI is InChI=1S/C10H10N4O/c1-7-3-4-11-5-8(7)10(15)9-6-12-13-14(9)2/h3-6H,1-2H3. The predicted octanol–water partition coefficient (Wildman–Crippen LogP) is 0.750. The SMILES string of the molecule is Cc1ccncc1C(=O)c1cnnn1C. The largest absolute Gasteiger partial charge is 0.287 e. The normalized spacial score (nSPS) is 10.3. The molecule has 0 amide bonds. The van der Waals surface area contributed by atoms with Gasteiger partial charge in [0, 0.05) is 25.0 Å². The zero-order valence-electron chi connectivity index (χ0n) is 8.51. The topological polar surface area (TPSA) is 60.7 Å². The molecule has 2 aromatic heterocycles. The van der Waals surface area contributed by atoms with Crippen molar-refractivity contribution in [3.8, 4) is 0 Å². The summed E-state index contributed by atoms with van der Waals surface area (Å²) in [5.41, 5.74) is 1.95. The van der Waals surface area contributed by atoms with E-state index < -0.39 is 0 Å². The summed E-state index contributed by atoms with van der Waals surface area (Å²) < 4.78 is 1.45. The molecule has 0 aliphatic rings. The van der Waals surface area contributed by atoms with Crippen molar-refractivity contribution in [2.75, 3.05) is 0 Å². The summed E-state index contributed by atoms with van der Waals surface area (Å²) in [7, 11) is 1.69. The van der Waals surface area contributed by atoms with Crippen LogP contribution in [0.5, 0.6) is 0 Å². The van der Waals surface area contributed by atoms with Crippen molar-refractivity contribution in [2.24, 2.45) is 7.05 Å². The van der Waals surface area contributed by atoms with E-state index >= 15 is 0 Å². The molecule has 2 aromatic rings. The number of hydrogen-bond donors (Lipinski definition) is 0. The minimum Gasteiger partial charge on any atom is -0.287 e. The highest BCUT2D eigenvalue weighted by Gasteiger charge is 2.15. The lowest BCUT2D eigenvalue weighted by atomic mass is 10.1. The first-order valence-corrected chi connectivity index (χ1v) is 4.50. The molecule has 0 saturated heterocycles. The third kappa shape index (κ3) is 1.63. The first-order valence-electron chi connectivity index (χ1n) is 4.50. The molecule has 0 bridgehead atoms. The van der Waals surface area contributed by atoms with E-state index in [-0.39, 0.29) is 5.78 Å². The summed E-state index contributed by atoms with van der Waals surface area (Å²) >= 11 is 0. The van der Waals surface area contributed by atoms with Crippen LogP contribution in [0.3, 0.4) is 0 Å². The summed E-state index contributed by atoms with van der Waals surface area (Å²) in [5.74, 6) is -0.104. The van der Waals surface area contributed by atoms with Crippen molar-refractivity contribution < 1.29 is 4.79 Å². The van der Waals surface area contributed by atoms with Gasteiger partial charge in [-0.15, -0.1) is 5.10 Å². The maximum Gasteiger partial charge on any atom is 0.214 e. The number of nitrogens with zero attached hydrogens (tertiary/aromatic N) is 4. The fourth-order valence-corrected chi connectivity index (χ4v) is 1.33. The predicted molar refractivity (Wildman–Crippen MR) is 53.4 cm³/mol. The van der Waals surface area contributed by atoms with Gasteiger partial charge >= 0.3 is 0 Å². The monoisotopic (exact) mass is 202 g/mol. The van der Waals surface area contributed by atoms with E-state index in [1.54, 1.807) is 25.5 Å². The molecule has 15 heavy (non-hydrogen) atoms. The van der Waals surface area contributed by atoms with Crippen LogP contribution in [-0.2, 0) is 7.05 Å². The fourth-order valence-electron chi connectivity index (χ4n) is 1.33. The smallest absolute Gasteiger partial charge is 0.214 e. The molecule has 0 atom stereocenters. The van der Waals surface area contributed by atoms with Crippen LogP contribution in [-0.4, -0.2) is 25.8 Å². The number of aryl methyl sites for hydroxylation is 2. The molecule has 0 aliphatic heterocycles. The van der Waals surface area contributed by atoms with Gasteiger partial charge in [-0.1, -0.05) is 5.21 Å². The van der Waals surface area contributed by atoms with E-state index in [4.69, 9.17) is 0 Å². The van der Waals surface area contributed by atoms with Crippen LogP contribution < -0.4 is 0 Å². The van der Waals surface area contributed by atoms with Crippen molar-refractivity contribution in [3.05, 3.63) is 41.5 Å². The summed E-state index contributed by atoms with van der Waals surface area (Å²) in [4.78, 5) is 15.9. The van der Waals surface area contributed by atoms with Gasteiger partial charge in [0.05, 0.1) is 6.20 Å². The highest BCUT2D eigenvalue weighted by Crippen LogP contribution is 2.10. The number of rotatable bonds is 2. The van der Waals surface area contributed by atoms with E-state index in [2.05, 4.69) is 15.3 Å². The average molecular weight is 202 g/mol. The Kier molecular flexibility index (Phi) is 2.29. The first-order chi connectivity index (χ1) is 7.20. The van der Waals surface area contributed by atoms with Crippen LogP contribution in [0.4, 0.5) is 0 Å². The molecule has 0 N–H and O–H groups in total. The summed E-state index contributed by atoms with van der Waals surface area (Å²) in [6.45, 7) is 1.87. The quantitative estimate of drug-likeness (QED) is 0.674. The van der Waals surface area contributed by atoms with Gasteiger partial charge in [-0.05, 0) is 18.6 Å². The minimum atomic E-state index is -0.104. The van der Waals surface area contributed by atoms with Gasteiger partial charge in [-0.2, -0.15) is 0 Å². The van der Waals surface area contributed by atoms with Gasteiger partial charge in [0.1, 0.15) is 5.69 Å². The Morgan fingerprint density at radius 2 is 2.20 bits per heavy atom. The van der Waals surface area contributed by atoms with Crippen LogP contribution in [0.15, 0.2) is 24.7 Å². The lowest BCUT2D eigenvalue weighted by molar-refractivity contribution is 0.102. The van der Waals surface area contributed by atoms with Crippen LogP contribution in [0.1, 0.15) is 21.6 Å². The lowest BCUT2D eigenvalue weighted by Gasteiger charge is -2.02. The third-order valence-electron chi connectivity index (χ3n) is 2.23. The fraction of sp³-hybridized carbons (Fsp3) is 0.200. The molecule has 0 saturated carbocycles. The van der Waals surface area contributed by atoms with Gasteiger partial charge in [-0.25, -0.2) is 4.68 Å². The van der Waals surface area contributed by atoms with E-state index in [1.165, 1.54) is 10.9 Å². The zero-order chi connectivity index (χ0) is 10.8. The molecule has 76 valence electrons. The van der Waals surface area contributed by atoms with Crippen molar-refractivity contribution in [3.63, 3.8) is 0 Å². The van der Waals surface area contributed by atoms with Gasteiger partial charge in [-0.3, -0.25) is 9.78 Å². The Morgan fingerprint density at radius 1 is 1.40 bits per heavy atom. The number of ketones is 1. The number of pyridine rings is 1. The Balaban J connectivity index is 2.46. The Morgan fingerprint density at radius 3 is 2.80 bits per heavy atom. The summed E-state index contributed by atoms with van der Waals surface area (Å²) in [6.07, 6.45) is 4.67. The second-order valence-corrected chi connectivity index (χ2v) is 3.26. The first kappa shape index (κ1) is 9.51. The van der Waals surface area contributed by atoms with Crippen molar-refractivity contribution in [1.82, 2.24) is 20.0 Å². The highest BCUT2D eigenvalue weighted by molar-refractivity contribution is 6.08. The van der Waals surface area contributed by atoms with Crippen LogP contribution in [0.2, 0.25) is 0 Å². The molecular weight excluding hydrogens is 192 g/mol. The average Bonchev–Trinajstić information content (AvgIpc) is 2.64. The lowest BCUT2D eigenvalue weighted by Crippen LogP contribution is -2.09. The van der Waals surface area contributed by atoms with Crippen LogP contribution >= 0.6 is 0 Å². The Bertz CT molecular complexity index is 504. The maximum atomic E-state index is 12.0. The summed E-state index contributed by atoms with van der Waals surface area (Å²) in [5, 5.41) is 7.39. The van der Waals surface area contributed by atoms with Crippen LogP contribution in [0, 0.1) is 6.92 Å². The van der Waals surface area contributed by atoms with E-state index in [1.807, 2.05) is 6.92 Å². The van der Waals surface area contributed by atoms with E-state index in [0.29, 0.717) is 11.3 Å². The molecule has 2 rings (SSSR count). The van der Waals surface area contributed by atoms with Crippen LogP contribution in [0.25, 0.3) is 0 Å². The molecule has 0 radical (unpaired) electrons. The Labute approximate surface area is 86.8 Å². The number of aromatic nitrogens is 4. The second-order valence-electron chi connectivity index (χ2n) is 3.26. The van der Waals surface area contributed by atoms with Gasteiger partial charge < -0.3 is 0 Å². The third-order valence-corrected chi connectivity index (χ3v) is 2.23. The molecule has 0 spiro atoms. The maximum absolute atomic E-state index is 12.0. The molecule has 5 heteroatoms. The second kappa shape index (κ2) is 3.61. The van der Waals surface area contributed by atoms with Crippen molar-refractivity contribution in [1.29, 1.82) is 0 Å². The highest BCUT2D eigenvalue weighted by atomic mass is 16.1. The number of hydrogen-bond acceptors (Lipinski definition) is 4. The van der Waals surface area contributed by atoms with Gasteiger partial charge in [0.2, 0.25) is 5.78 Å². The van der Waals surface area contributed by atoms with E-state index in [0.717, 1.165) is 5.56 Å². The summed E-state index contributed by atoms with van der Waals surface area (Å²) in [6, 6.07) is 1.80. The van der Waals surface area contributed by atoms with Crippen molar-refractivity contribution >= 4 is 5.78 Å². The Hall–Kier alpha value is -2.04. The van der Waals surface area contributed by atoms with Gasteiger partial charge in [0.25, 0.3) is 0 Å². The molecular formula is C10H10N4O. The molecule has 2 heterocycles. The zero-order valence-corrected chi connectivity index (χ0v) is 8.51. The van der Waals surface area contributed by atoms with E-state index in [9.17, 15) is 4.79 Å². The van der Waals surface area contributed by atoms with Crippen molar-refractivity contribution in [2.45, 2.75) is 6.92 Å². The molecule has 0 fully saturated rings. The molecule has 5 nitrogen and oxygen atoms in total.